The monoisotopic (exact) mass is 477 g/mol. The number of benzene rings is 2. The molecule has 3 aromatic rings. The molecule has 10 nitrogen and oxygen atoms in total. The Bertz CT molecular complexity index is 1200. The van der Waals surface area contributed by atoms with Crippen molar-refractivity contribution in [3.63, 3.8) is 0 Å². The van der Waals surface area contributed by atoms with Gasteiger partial charge in [-0.1, -0.05) is 5.16 Å². The highest BCUT2D eigenvalue weighted by molar-refractivity contribution is 5.94. The third kappa shape index (κ3) is 5.21. The van der Waals surface area contributed by atoms with Gasteiger partial charge in [0.2, 0.25) is 0 Å². The molecule has 3 heterocycles. The number of fused-ring (bicyclic) bond motifs is 1. The molecular formula is C25H27N5O5. The van der Waals surface area contributed by atoms with E-state index in [2.05, 4.69) is 15.5 Å². The van der Waals surface area contributed by atoms with Gasteiger partial charge in [0.1, 0.15) is 13.2 Å². The van der Waals surface area contributed by atoms with E-state index in [1.54, 1.807) is 42.3 Å². The Kier molecular flexibility index (Phi) is 6.51. The summed E-state index contributed by atoms with van der Waals surface area (Å²) in [6.45, 7) is 3.03. The second-order valence-electron chi connectivity index (χ2n) is 8.55. The SMILES string of the molecule is CN(CCc1noc(-c2ccc(C(=O)N3CCCC3)cc2)n1)C(=O)Nc1ccc2c(c1)OCCO2. The van der Waals surface area contributed by atoms with Crippen LogP contribution in [0.4, 0.5) is 10.5 Å². The molecule has 10 heteroatoms. The summed E-state index contributed by atoms with van der Waals surface area (Å²) in [5.41, 5.74) is 2.02. The van der Waals surface area contributed by atoms with Crippen molar-refractivity contribution in [1.29, 1.82) is 0 Å². The topological polar surface area (TPSA) is 110 Å². The van der Waals surface area contributed by atoms with Crippen LogP contribution < -0.4 is 14.8 Å². The van der Waals surface area contributed by atoms with Gasteiger partial charge < -0.3 is 29.1 Å². The molecule has 0 atom stereocenters. The van der Waals surface area contributed by atoms with E-state index in [-0.39, 0.29) is 11.9 Å². The Hall–Kier alpha value is -4.08. The Morgan fingerprint density at radius 3 is 2.54 bits per heavy atom. The van der Waals surface area contributed by atoms with Crippen LogP contribution in [0.5, 0.6) is 11.5 Å². The van der Waals surface area contributed by atoms with Crippen molar-refractivity contribution in [3.8, 4) is 23.0 Å². The number of hydrogen-bond acceptors (Lipinski definition) is 7. The van der Waals surface area contributed by atoms with Crippen molar-refractivity contribution < 1.29 is 23.6 Å². The number of rotatable bonds is 6. The van der Waals surface area contributed by atoms with Crippen molar-refractivity contribution in [2.45, 2.75) is 19.3 Å². The van der Waals surface area contributed by atoms with Gasteiger partial charge in [-0.3, -0.25) is 4.79 Å². The van der Waals surface area contributed by atoms with Gasteiger partial charge in [0.05, 0.1) is 0 Å². The molecule has 0 spiro atoms. The van der Waals surface area contributed by atoms with Crippen LogP contribution in [-0.4, -0.2) is 71.8 Å². The van der Waals surface area contributed by atoms with E-state index in [4.69, 9.17) is 14.0 Å². The van der Waals surface area contributed by atoms with Crippen LogP contribution in [0.25, 0.3) is 11.5 Å². The molecule has 2 aliphatic rings. The molecule has 5 rings (SSSR count). The molecule has 182 valence electrons. The maximum absolute atomic E-state index is 12.6. The van der Waals surface area contributed by atoms with E-state index in [1.807, 2.05) is 17.0 Å². The van der Waals surface area contributed by atoms with Crippen molar-refractivity contribution in [2.24, 2.45) is 0 Å². The third-order valence-corrected chi connectivity index (χ3v) is 6.05. The van der Waals surface area contributed by atoms with Gasteiger partial charge in [-0.25, -0.2) is 4.79 Å². The molecule has 2 aromatic carbocycles. The number of carbonyl (C=O) groups is 2. The minimum absolute atomic E-state index is 0.0535. The molecular weight excluding hydrogens is 450 g/mol. The molecule has 0 unspecified atom stereocenters. The first-order chi connectivity index (χ1) is 17.1. The van der Waals surface area contributed by atoms with Gasteiger partial charge in [0, 0.05) is 56.0 Å². The molecule has 1 fully saturated rings. The molecule has 1 saturated heterocycles. The lowest BCUT2D eigenvalue weighted by molar-refractivity contribution is 0.0793. The van der Waals surface area contributed by atoms with Crippen LogP contribution in [0, 0.1) is 0 Å². The number of amides is 3. The lowest BCUT2D eigenvalue weighted by Gasteiger charge is -2.20. The molecule has 0 bridgehead atoms. The second-order valence-corrected chi connectivity index (χ2v) is 8.55. The first-order valence-corrected chi connectivity index (χ1v) is 11.7. The lowest BCUT2D eigenvalue weighted by Crippen LogP contribution is -2.33. The van der Waals surface area contributed by atoms with E-state index in [9.17, 15) is 9.59 Å². The number of hydrogen-bond donors (Lipinski definition) is 1. The lowest BCUT2D eigenvalue weighted by atomic mass is 10.1. The predicted octanol–water partition coefficient (Wildman–Crippen LogP) is 3.45. The summed E-state index contributed by atoms with van der Waals surface area (Å²) in [5, 5.41) is 6.88. The Labute approximate surface area is 202 Å². The summed E-state index contributed by atoms with van der Waals surface area (Å²) in [7, 11) is 1.70. The van der Waals surface area contributed by atoms with E-state index >= 15 is 0 Å². The van der Waals surface area contributed by atoms with Gasteiger partial charge in [-0.2, -0.15) is 4.98 Å². The molecule has 0 saturated carbocycles. The fourth-order valence-corrected chi connectivity index (χ4v) is 4.04. The Morgan fingerprint density at radius 2 is 1.77 bits per heavy atom. The van der Waals surface area contributed by atoms with Crippen molar-refractivity contribution >= 4 is 17.6 Å². The predicted molar refractivity (Wildman–Crippen MR) is 128 cm³/mol. The normalized spacial score (nSPS) is 14.6. The summed E-state index contributed by atoms with van der Waals surface area (Å²) < 4.78 is 16.4. The summed E-state index contributed by atoms with van der Waals surface area (Å²) in [6, 6.07) is 12.2. The molecule has 1 N–H and O–H groups in total. The van der Waals surface area contributed by atoms with E-state index < -0.39 is 0 Å². The first-order valence-electron chi connectivity index (χ1n) is 11.7. The Morgan fingerprint density at radius 1 is 1.03 bits per heavy atom. The highest BCUT2D eigenvalue weighted by Crippen LogP contribution is 2.32. The summed E-state index contributed by atoms with van der Waals surface area (Å²) in [5.74, 6) is 2.21. The summed E-state index contributed by atoms with van der Waals surface area (Å²) in [6.07, 6.45) is 2.55. The largest absolute Gasteiger partial charge is 0.486 e. The number of aromatic nitrogens is 2. The average molecular weight is 478 g/mol. The van der Waals surface area contributed by atoms with Gasteiger partial charge in [0.15, 0.2) is 17.3 Å². The number of carbonyl (C=O) groups excluding carboxylic acids is 2. The quantitative estimate of drug-likeness (QED) is 0.579. The standard InChI is InChI=1S/C25H27N5O5/c1-29(25(32)26-19-8-9-20-21(16-19)34-15-14-33-20)13-10-22-27-23(35-28-22)17-4-6-18(7-5-17)24(31)30-11-2-3-12-30/h4-9,16H,2-3,10-15H2,1H3,(H,26,32). The summed E-state index contributed by atoms with van der Waals surface area (Å²) >= 11 is 0. The van der Waals surface area contributed by atoms with Crippen LogP contribution >= 0.6 is 0 Å². The highest BCUT2D eigenvalue weighted by Gasteiger charge is 2.20. The minimum Gasteiger partial charge on any atom is -0.486 e. The van der Waals surface area contributed by atoms with Crippen LogP contribution in [0.1, 0.15) is 29.0 Å². The van der Waals surface area contributed by atoms with E-state index in [1.165, 1.54) is 0 Å². The van der Waals surface area contributed by atoms with Crippen LogP contribution in [-0.2, 0) is 6.42 Å². The number of nitrogens with one attached hydrogen (secondary N) is 1. The number of anilines is 1. The number of nitrogens with zero attached hydrogens (tertiary/aromatic N) is 4. The van der Waals surface area contributed by atoms with Crippen molar-refractivity contribution in [2.75, 3.05) is 45.2 Å². The first kappa shape index (κ1) is 22.7. The van der Waals surface area contributed by atoms with Gasteiger partial charge >= 0.3 is 6.03 Å². The third-order valence-electron chi connectivity index (χ3n) is 6.05. The van der Waals surface area contributed by atoms with Gasteiger partial charge in [-0.15, -0.1) is 0 Å². The fourth-order valence-electron chi connectivity index (χ4n) is 4.04. The zero-order valence-electron chi connectivity index (χ0n) is 19.5. The maximum atomic E-state index is 12.6. The molecule has 1 aromatic heterocycles. The van der Waals surface area contributed by atoms with Crippen molar-refractivity contribution in [1.82, 2.24) is 19.9 Å². The Balaban J connectivity index is 1.14. The zero-order valence-corrected chi connectivity index (χ0v) is 19.5. The second kappa shape index (κ2) is 10.0. The van der Waals surface area contributed by atoms with Gasteiger partial charge in [0.25, 0.3) is 11.8 Å². The van der Waals surface area contributed by atoms with Crippen molar-refractivity contribution in [3.05, 3.63) is 53.9 Å². The van der Waals surface area contributed by atoms with Crippen LogP contribution in [0.2, 0.25) is 0 Å². The maximum Gasteiger partial charge on any atom is 0.321 e. The molecule has 35 heavy (non-hydrogen) atoms. The van der Waals surface area contributed by atoms with Gasteiger partial charge in [-0.05, 0) is 49.2 Å². The number of likely N-dealkylation sites (N-methyl/N-ethyl adjacent to an activating group) is 1. The smallest absolute Gasteiger partial charge is 0.321 e. The summed E-state index contributed by atoms with van der Waals surface area (Å²) in [4.78, 5) is 32.9. The minimum atomic E-state index is -0.261. The van der Waals surface area contributed by atoms with E-state index in [0.29, 0.717) is 60.6 Å². The highest BCUT2D eigenvalue weighted by atomic mass is 16.6. The molecule has 3 amide bonds. The van der Waals surface area contributed by atoms with E-state index in [0.717, 1.165) is 31.5 Å². The number of urea groups is 1. The molecule has 0 radical (unpaired) electrons. The molecule has 0 aliphatic carbocycles. The zero-order chi connectivity index (χ0) is 24.2. The number of likely N-dealkylation sites (tertiary alicyclic amines) is 1. The van der Waals surface area contributed by atoms with Crippen LogP contribution in [0.15, 0.2) is 47.0 Å². The number of ether oxygens (including phenoxy) is 2. The molecule has 2 aliphatic heterocycles. The van der Waals surface area contributed by atoms with Crippen LogP contribution in [0.3, 0.4) is 0 Å². The fraction of sp³-hybridized carbons (Fsp3) is 0.360. The average Bonchev–Trinajstić information content (AvgIpc) is 3.60.